The molecule has 1 heterocycles. The zero-order valence-electron chi connectivity index (χ0n) is 13.8. The van der Waals surface area contributed by atoms with Crippen LogP contribution in [-0.2, 0) is 4.74 Å². The molecule has 0 atom stereocenters. The van der Waals surface area contributed by atoms with E-state index in [0.717, 1.165) is 37.6 Å². The Balaban J connectivity index is 1.55. The molecule has 0 aliphatic carbocycles. The van der Waals surface area contributed by atoms with Crippen LogP contribution in [0.3, 0.4) is 0 Å². The van der Waals surface area contributed by atoms with Gasteiger partial charge in [0.05, 0.1) is 18.9 Å². The van der Waals surface area contributed by atoms with Crippen LogP contribution in [0.5, 0.6) is 0 Å². The number of carbonyl (C=O) groups is 1. The molecule has 6 heteroatoms. The second-order valence-electron chi connectivity index (χ2n) is 5.71. The van der Waals surface area contributed by atoms with Crippen molar-refractivity contribution in [1.29, 1.82) is 0 Å². The highest BCUT2D eigenvalue weighted by Crippen LogP contribution is 2.19. The maximum atomic E-state index is 12.9. The number of nitrogens with one attached hydrogen (secondary N) is 2. The van der Waals surface area contributed by atoms with Gasteiger partial charge in [0.25, 0.3) is 5.91 Å². The van der Waals surface area contributed by atoms with Crippen molar-refractivity contribution in [2.24, 2.45) is 0 Å². The molecule has 0 bridgehead atoms. The van der Waals surface area contributed by atoms with E-state index in [0.29, 0.717) is 11.3 Å². The predicted molar refractivity (Wildman–Crippen MR) is 95.5 cm³/mol. The minimum absolute atomic E-state index is 0.355. The van der Waals surface area contributed by atoms with Gasteiger partial charge in [0.1, 0.15) is 5.82 Å². The molecule has 2 aromatic carbocycles. The lowest BCUT2D eigenvalue weighted by atomic mass is 10.1. The molecule has 2 N–H and O–H groups in total. The summed E-state index contributed by atoms with van der Waals surface area (Å²) in [5, 5.41) is 0. The fourth-order valence-electron chi connectivity index (χ4n) is 2.57. The van der Waals surface area contributed by atoms with Gasteiger partial charge in [-0.3, -0.25) is 15.6 Å². The molecular weight excluding hydrogens is 321 g/mol. The molecule has 0 spiro atoms. The van der Waals surface area contributed by atoms with Crippen molar-refractivity contribution in [1.82, 2.24) is 10.9 Å². The molecule has 5 nitrogen and oxygen atoms in total. The maximum Gasteiger partial charge on any atom is 0.269 e. The summed E-state index contributed by atoms with van der Waals surface area (Å²) in [5.74, 6) is -0.736. The van der Waals surface area contributed by atoms with E-state index >= 15 is 0 Å². The monoisotopic (exact) mass is 341 g/mol. The molecule has 0 radical (unpaired) electrons. The number of carbonyl (C=O) groups excluding carboxylic acids is 1. The van der Waals surface area contributed by atoms with Crippen molar-refractivity contribution >= 4 is 17.3 Å². The molecule has 1 aliphatic heterocycles. The Morgan fingerprint density at radius 3 is 2.20 bits per heavy atom. The number of halogens is 1. The Hall–Kier alpha value is -2.86. The first-order valence-electron chi connectivity index (χ1n) is 8.07. The lowest BCUT2D eigenvalue weighted by Gasteiger charge is -2.29. The first-order valence-corrected chi connectivity index (χ1v) is 8.07. The fraction of sp³-hybridized carbons (Fsp3) is 0.211. The number of hydrogen-bond acceptors (Lipinski definition) is 4. The SMILES string of the molecule is C=C(NNC(=O)c1ccc(F)cc1)c1ccc(N2CCOCC2)cc1. The van der Waals surface area contributed by atoms with E-state index in [1.54, 1.807) is 0 Å². The summed E-state index contributed by atoms with van der Waals surface area (Å²) in [6.07, 6.45) is 0. The van der Waals surface area contributed by atoms with E-state index in [-0.39, 0.29) is 11.7 Å². The van der Waals surface area contributed by atoms with Gasteiger partial charge in [-0.2, -0.15) is 0 Å². The van der Waals surface area contributed by atoms with Crippen LogP contribution < -0.4 is 15.8 Å². The van der Waals surface area contributed by atoms with Gasteiger partial charge >= 0.3 is 0 Å². The second-order valence-corrected chi connectivity index (χ2v) is 5.71. The maximum absolute atomic E-state index is 12.9. The van der Waals surface area contributed by atoms with Crippen molar-refractivity contribution in [3.63, 3.8) is 0 Å². The zero-order valence-corrected chi connectivity index (χ0v) is 13.8. The molecule has 1 fully saturated rings. The number of hydrazine groups is 1. The van der Waals surface area contributed by atoms with E-state index in [9.17, 15) is 9.18 Å². The zero-order chi connectivity index (χ0) is 17.6. The fourth-order valence-corrected chi connectivity index (χ4v) is 2.57. The number of hydrogen-bond donors (Lipinski definition) is 2. The Morgan fingerprint density at radius 1 is 0.960 bits per heavy atom. The number of anilines is 1. The molecule has 0 aromatic heterocycles. The summed E-state index contributed by atoms with van der Waals surface area (Å²) in [4.78, 5) is 14.3. The predicted octanol–water partition coefficient (Wildman–Crippen LogP) is 2.57. The minimum Gasteiger partial charge on any atom is -0.378 e. The molecule has 0 unspecified atom stereocenters. The molecule has 0 saturated carbocycles. The van der Waals surface area contributed by atoms with Gasteiger partial charge in [-0.05, 0) is 42.0 Å². The summed E-state index contributed by atoms with van der Waals surface area (Å²) in [5.41, 5.74) is 8.29. The highest BCUT2D eigenvalue weighted by Gasteiger charge is 2.11. The minimum atomic E-state index is -0.380. The summed E-state index contributed by atoms with van der Waals surface area (Å²) < 4.78 is 18.2. The molecule has 1 aliphatic rings. The van der Waals surface area contributed by atoms with Gasteiger partial charge in [-0.15, -0.1) is 0 Å². The Labute approximate surface area is 146 Å². The van der Waals surface area contributed by atoms with Gasteiger partial charge in [0.15, 0.2) is 0 Å². The number of benzene rings is 2. The Morgan fingerprint density at radius 2 is 1.56 bits per heavy atom. The van der Waals surface area contributed by atoms with E-state index in [2.05, 4.69) is 22.3 Å². The molecule has 2 aromatic rings. The van der Waals surface area contributed by atoms with Crippen molar-refractivity contribution in [2.45, 2.75) is 0 Å². The largest absolute Gasteiger partial charge is 0.378 e. The van der Waals surface area contributed by atoms with Crippen molar-refractivity contribution in [3.05, 3.63) is 72.1 Å². The van der Waals surface area contributed by atoms with Crippen LogP contribution in [0.4, 0.5) is 10.1 Å². The quantitative estimate of drug-likeness (QED) is 0.821. The lowest BCUT2D eigenvalue weighted by Crippen LogP contribution is -2.36. The van der Waals surface area contributed by atoms with Crippen LogP contribution in [0.15, 0.2) is 55.1 Å². The number of amides is 1. The average Bonchev–Trinajstić information content (AvgIpc) is 2.67. The van der Waals surface area contributed by atoms with Gasteiger partial charge in [0.2, 0.25) is 0 Å². The van der Waals surface area contributed by atoms with Crippen molar-refractivity contribution in [3.8, 4) is 0 Å². The Kier molecular flexibility index (Phi) is 5.30. The van der Waals surface area contributed by atoms with Gasteiger partial charge < -0.3 is 9.64 Å². The van der Waals surface area contributed by atoms with Gasteiger partial charge in [-0.1, -0.05) is 18.7 Å². The molecular formula is C19H20FN3O2. The van der Waals surface area contributed by atoms with Crippen LogP contribution in [0.1, 0.15) is 15.9 Å². The van der Waals surface area contributed by atoms with Crippen molar-refractivity contribution in [2.75, 3.05) is 31.2 Å². The second kappa shape index (κ2) is 7.81. The van der Waals surface area contributed by atoms with E-state index in [4.69, 9.17) is 4.74 Å². The van der Waals surface area contributed by atoms with Gasteiger partial charge in [0, 0.05) is 24.3 Å². The smallest absolute Gasteiger partial charge is 0.269 e. The summed E-state index contributed by atoms with van der Waals surface area (Å²) in [6.45, 7) is 7.17. The Bertz CT molecular complexity index is 738. The summed E-state index contributed by atoms with van der Waals surface area (Å²) >= 11 is 0. The number of nitrogens with zero attached hydrogens (tertiary/aromatic N) is 1. The normalized spacial score (nSPS) is 14.0. The standard InChI is InChI=1S/C19H20FN3O2/c1-14(21-22-19(24)16-2-6-17(20)7-3-16)15-4-8-18(9-5-15)23-10-12-25-13-11-23/h2-9,21H,1,10-13H2,(H,22,24). The molecule has 1 saturated heterocycles. The lowest BCUT2D eigenvalue weighted by molar-refractivity contribution is 0.0942. The van der Waals surface area contributed by atoms with Crippen molar-refractivity contribution < 1.29 is 13.9 Å². The van der Waals surface area contributed by atoms with E-state index in [1.165, 1.54) is 24.3 Å². The number of ether oxygens (including phenoxy) is 1. The number of rotatable bonds is 5. The van der Waals surface area contributed by atoms with E-state index < -0.39 is 0 Å². The van der Waals surface area contributed by atoms with Crippen LogP contribution in [-0.4, -0.2) is 32.2 Å². The third-order valence-electron chi connectivity index (χ3n) is 4.03. The molecule has 25 heavy (non-hydrogen) atoms. The number of morpholine rings is 1. The first-order chi connectivity index (χ1) is 12.1. The first kappa shape index (κ1) is 17.0. The molecule has 1 amide bonds. The topological polar surface area (TPSA) is 53.6 Å². The van der Waals surface area contributed by atoms with Crippen LogP contribution in [0.25, 0.3) is 5.70 Å². The third-order valence-corrected chi connectivity index (χ3v) is 4.03. The molecule has 3 rings (SSSR count). The highest BCUT2D eigenvalue weighted by atomic mass is 19.1. The van der Waals surface area contributed by atoms with Gasteiger partial charge in [-0.25, -0.2) is 4.39 Å². The van der Waals surface area contributed by atoms with E-state index in [1.807, 2.05) is 24.3 Å². The highest BCUT2D eigenvalue weighted by molar-refractivity contribution is 5.94. The average molecular weight is 341 g/mol. The molecule has 130 valence electrons. The summed E-state index contributed by atoms with van der Waals surface area (Å²) in [6, 6.07) is 13.3. The van der Waals surface area contributed by atoms with Crippen LogP contribution >= 0.6 is 0 Å². The summed E-state index contributed by atoms with van der Waals surface area (Å²) in [7, 11) is 0. The van der Waals surface area contributed by atoms with Crippen LogP contribution in [0.2, 0.25) is 0 Å². The third kappa shape index (κ3) is 4.36. The van der Waals surface area contributed by atoms with Crippen LogP contribution in [0, 0.1) is 5.82 Å².